The molecular weight excluding hydrogens is 194 g/mol. The molecule has 4 nitrogen and oxygen atoms in total. The molecule has 0 N–H and O–H groups in total. The largest absolute Gasteiger partial charge is 0.342 e. The predicted octanol–water partition coefficient (Wildman–Crippen LogP) is 0.793. The molecular formula is C11H17NO3. The van der Waals surface area contributed by atoms with Crippen molar-refractivity contribution < 1.29 is 14.4 Å². The number of rotatable bonds is 5. The minimum Gasteiger partial charge on any atom is -0.342 e. The third-order valence-electron chi connectivity index (χ3n) is 2.70. The van der Waals surface area contributed by atoms with Gasteiger partial charge in [0.05, 0.1) is 0 Å². The molecule has 0 spiro atoms. The second kappa shape index (κ2) is 4.55. The number of carbonyl (C=O) groups is 3. The zero-order valence-electron chi connectivity index (χ0n) is 9.28. The highest BCUT2D eigenvalue weighted by molar-refractivity contribution is 5.84. The molecule has 15 heavy (non-hydrogen) atoms. The fraction of sp³-hybridized carbons (Fsp3) is 0.727. The Balaban J connectivity index is 2.41. The third-order valence-corrected chi connectivity index (χ3v) is 2.70. The van der Waals surface area contributed by atoms with E-state index in [1.165, 1.54) is 0 Å². The maximum absolute atomic E-state index is 11.5. The zero-order chi connectivity index (χ0) is 11.5. The number of hydrogen-bond donors (Lipinski definition) is 0. The van der Waals surface area contributed by atoms with Gasteiger partial charge in [0.1, 0.15) is 12.1 Å². The molecule has 1 aliphatic heterocycles. The third kappa shape index (κ3) is 3.15. The van der Waals surface area contributed by atoms with Crippen molar-refractivity contribution in [3.8, 4) is 0 Å². The SMILES string of the molecule is CC(=O)CCCN1CC(C)(C=O)CC1=O. The van der Waals surface area contributed by atoms with Gasteiger partial charge >= 0.3 is 0 Å². The average Bonchev–Trinajstić information content (AvgIpc) is 2.43. The molecule has 0 aromatic rings. The molecule has 1 rings (SSSR count). The molecule has 0 aromatic carbocycles. The lowest BCUT2D eigenvalue weighted by molar-refractivity contribution is -0.128. The van der Waals surface area contributed by atoms with E-state index in [0.29, 0.717) is 32.4 Å². The van der Waals surface area contributed by atoms with Gasteiger partial charge in [0, 0.05) is 31.3 Å². The van der Waals surface area contributed by atoms with Gasteiger partial charge in [-0.1, -0.05) is 6.92 Å². The predicted molar refractivity (Wildman–Crippen MR) is 55.3 cm³/mol. The van der Waals surface area contributed by atoms with Gasteiger partial charge in [-0.3, -0.25) is 4.79 Å². The maximum Gasteiger partial charge on any atom is 0.223 e. The van der Waals surface area contributed by atoms with Crippen molar-refractivity contribution >= 4 is 18.0 Å². The Bertz CT molecular complexity index is 288. The van der Waals surface area contributed by atoms with Gasteiger partial charge < -0.3 is 14.5 Å². The van der Waals surface area contributed by atoms with E-state index in [2.05, 4.69) is 0 Å². The van der Waals surface area contributed by atoms with Gasteiger partial charge in [0.2, 0.25) is 5.91 Å². The summed E-state index contributed by atoms with van der Waals surface area (Å²) < 4.78 is 0. The van der Waals surface area contributed by atoms with Gasteiger partial charge in [-0.2, -0.15) is 0 Å². The minimum absolute atomic E-state index is 0.0214. The van der Waals surface area contributed by atoms with Crippen molar-refractivity contribution in [1.82, 2.24) is 4.90 Å². The number of Topliss-reactive ketones (excluding diaryl/α,β-unsaturated/α-hetero) is 1. The fourth-order valence-corrected chi connectivity index (χ4v) is 1.84. The molecule has 1 aliphatic rings. The van der Waals surface area contributed by atoms with E-state index in [0.717, 1.165) is 6.29 Å². The Morgan fingerprint density at radius 2 is 2.27 bits per heavy atom. The van der Waals surface area contributed by atoms with Gasteiger partial charge in [-0.25, -0.2) is 0 Å². The van der Waals surface area contributed by atoms with Crippen molar-refractivity contribution in [1.29, 1.82) is 0 Å². The summed E-state index contributed by atoms with van der Waals surface area (Å²) in [6.45, 7) is 4.42. The molecule has 0 saturated carbocycles. The molecule has 0 radical (unpaired) electrons. The van der Waals surface area contributed by atoms with E-state index in [9.17, 15) is 14.4 Å². The summed E-state index contributed by atoms with van der Waals surface area (Å²) in [6.07, 6.45) is 2.35. The summed E-state index contributed by atoms with van der Waals surface area (Å²) in [6, 6.07) is 0. The normalized spacial score (nSPS) is 25.7. The Morgan fingerprint density at radius 3 is 2.73 bits per heavy atom. The second-order valence-corrected chi connectivity index (χ2v) is 4.57. The van der Waals surface area contributed by atoms with E-state index >= 15 is 0 Å². The summed E-state index contributed by atoms with van der Waals surface area (Å²) in [5.41, 5.74) is -0.521. The fourth-order valence-electron chi connectivity index (χ4n) is 1.84. The first kappa shape index (κ1) is 11.9. The van der Waals surface area contributed by atoms with Crippen LogP contribution in [-0.2, 0) is 14.4 Å². The van der Waals surface area contributed by atoms with Crippen LogP contribution >= 0.6 is 0 Å². The molecule has 1 atom stereocenters. The van der Waals surface area contributed by atoms with Crippen molar-refractivity contribution in [2.24, 2.45) is 5.41 Å². The molecule has 1 saturated heterocycles. The van der Waals surface area contributed by atoms with Crippen LogP contribution in [0.2, 0.25) is 0 Å². The molecule has 0 bridgehead atoms. The van der Waals surface area contributed by atoms with Crippen LogP contribution in [0.4, 0.5) is 0 Å². The van der Waals surface area contributed by atoms with E-state index in [1.807, 2.05) is 0 Å². The highest BCUT2D eigenvalue weighted by Crippen LogP contribution is 2.28. The Morgan fingerprint density at radius 1 is 1.60 bits per heavy atom. The topological polar surface area (TPSA) is 54.5 Å². The standard InChI is InChI=1S/C11H17NO3/c1-9(14)4-3-5-12-7-11(2,8-13)6-10(12)15/h8H,3-7H2,1-2H3. The first-order valence-corrected chi connectivity index (χ1v) is 5.20. The van der Waals surface area contributed by atoms with E-state index in [1.54, 1.807) is 18.7 Å². The number of amides is 1. The number of carbonyl (C=O) groups excluding carboxylic acids is 3. The lowest BCUT2D eigenvalue weighted by Crippen LogP contribution is -2.29. The lowest BCUT2D eigenvalue weighted by atomic mass is 9.92. The molecule has 0 aliphatic carbocycles. The van der Waals surface area contributed by atoms with Crippen LogP contribution in [0.5, 0.6) is 0 Å². The summed E-state index contributed by atoms with van der Waals surface area (Å²) in [5, 5.41) is 0. The van der Waals surface area contributed by atoms with E-state index in [4.69, 9.17) is 0 Å². The average molecular weight is 211 g/mol. The highest BCUT2D eigenvalue weighted by Gasteiger charge is 2.38. The quantitative estimate of drug-likeness (QED) is 0.632. The van der Waals surface area contributed by atoms with Gasteiger partial charge in [-0.05, 0) is 13.3 Å². The van der Waals surface area contributed by atoms with E-state index in [-0.39, 0.29) is 11.7 Å². The summed E-state index contributed by atoms with van der Waals surface area (Å²) >= 11 is 0. The van der Waals surface area contributed by atoms with Crippen molar-refractivity contribution in [3.63, 3.8) is 0 Å². The molecule has 84 valence electrons. The number of ketones is 1. The van der Waals surface area contributed by atoms with Gasteiger partial charge in [0.25, 0.3) is 0 Å². The van der Waals surface area contributed by atoms with Crippen LogP contribution in [0.3, 0.4) is 0 Å². The Labute approximate surface area is 89.6 Å². The molecule has 0 aromatic heterocycles. The number of nitrogens with zero attached hydrogens (tertiary/aromatic N) is 1. The van der Waals surface area contributed by atoms with Crippen molar-refractivity contribution in [2.45, 2.75) is 33.1 Å². The summed E-state index contributed by atoms with van der Waals surface area (Å²) in [5.74, 6) is 0.160. The Kier molecular flexibility index (Phi) is 3.61. The highest BCUT2D eigenvalue weighted by atomic mass is 16.2. The second-order valence-electron chi connectivity index (χ2n) is 4.57. The lowest BCUT2D eigenvalue weighted by Gasteiger charge is -2.18. The Hall–Kier alpha value is -1.19. The van der Waals surface area contributed by atoms with Crippen molar-refractivity contribution in [2.75, 3.05) is 13.1 Å². The first-order chi connectivity index (χ1) is 6.97. The smallest absolute Gasteiger partial charge is 0.223 e. The number of likely N-dealkylation sites (tertiary alicyclic amines) is 1. The van der Waals surface area contributed by atoms with Crippen LogP contribution in [0.1, 0.15) is 33.1 Å². The van der Waals surface area contributed by atoms with Gasteiger partial charge in [0.15, 0.2) is 0 Å². The van der Waals surface area contributed by atoms with Crippen LogP contribution in [0.25, 0.3) is 0 Å². The van der Waals surface area contributed by atoms with Crippen molar-refractivity contribution in [3.05, 3.63) is 0 Å². The number of aldehydes is 1. The van der Waals surface area contributed by atoms with Crippen LogP contribution < -0.4 is 0 Å². The molecule has 1 fully saturated rings. The molecule has 1 unspecified atom stereocenters. The van der Waals surface area contributed by atoms with Crippen LogP contribution in [0, 0.1) is 5.41 Å². The minimum atomic E-state index is -0.521. The first-order valence-electron chi connectivity index (χ1n) is 5.20. The molecule has 1 heterocycles. The molecule has 1 amide bonds. The maximum atomic E-state index is 11.5. The zero-order valence-corrected chi connectivity index (χ0v) is 9.28. The van der Waals surface area contributed by atoms with Gasteiger partial charge in [-0.15, -0.1) is 0 Å². The van der Waals surface area contributed by atoms with Crippen LogP contribution in [-0.4, -0.2) is 36.0 Å². The molecule has 4 heteroatoms. The van der Waals surface area contributed by atoms with Crippen LogP contribution in [0.15, 0.2) is 0 Å². The summed E-state index contributed by atoms with van der Waals surface area (Å²) in [7, 11) is 0. The number of hydrogen-bond acceptors (Lipinski definition) is 3. The summed E-state index contributed by atoms with van der Waals surface area (Å²) in [4.78, 5) is 34.7. The van der Waals surface area contributed by atoms with E-state index < -0.39 is 5.41 Å². The monoisotopic (exact) mass is 211 g/mol.